The predicted molar refractivity (Wildman–Crippen MR) is 78.4 cm³/mol. The highest BCUT2D eigenvalue weighted by Gasteiger charge is 2.25. The van der Waals surface area contributed by atoms with Gasteiger partial charge in [-0.2, -0.15) is 0 Å². The maximum Gasteiger partial charge on any atom is 0.317 e. The Morgan fingerprint density at radius 1 is 1.35 bits per heavy atom. The van der Waals surface area contributed by atoms with E-state index in [2.05, 4.69) is 5.32 Å². The third-order valence-corrected chi connectivity index (χ3v) is 4.04. The van der Waals surface area contributed by atoms with Gasteiger partial charge in [-0.05, 0) is 25.0 Å². The second-order valence-electron chi connectivity index (χ2n) is 5.65. The second-order valence-corrected chi connectivity index (χ2v) is 5.65. The molecule has 2 unspecified atom stereocenters. The first kappa shape index (κ1) is 14.9. The van der Waals surface area contributed by atoms with Gasteiger partial charge in [0.25, 0.3) is 0 Å². The van der Waals surface area contributed by atoms with Gasteiger partial charge in [-0.25, -0.2) is 4.79 Å². The van der Waals surface area contributed by atoms with Crippen LogP contribution in [0.1, 0.15) is 25.7 Å². The zero-order valence-corrected chi connectivity index (χ0v) is 12.2. The molecule has 1 aliphatic carbocycles. The smallest absolute Gasteiger partial charge is 0.317 e. The first-order valence-corrected chi connectivity index (χ1v) is 7.44. The Morgan fingerprint density at radius 3 is 2.75 bits per heavy atom. The molecular weight excluding hydrogens is 254 g/mol. The third-order valence-electron chi connectivity index (χ3n) is 4.04. The fraction of sp³-hybridized carbons (Fsp3) is 0.667. The highest BCUT2D eigenvalue weighted by atomic mass is 16.3. The molecule has 0 saturated heterocycles. The van der Waals surface area contributed by atoms with E-state index in [1.807, 2.05) is 29.1 Å². The number of nitrogens with zero attached hydrogens (tertiary/aromatic N) is 2. The lowest BCUT2D eigenvalue weighted by atomic mass is 9.86. The van der Waals surface area contributed by atoms with E-state index in [9.17, 15) is 9.90 Å². The number of hydrogen-bond acceptors (Lipinski definition) is 2. The first-order valence-electron chi connectivity index (χ1n) is 7.44. The summed E-state index contributed by atoms with van der Waals surface area (Å²) in [6.45, 7) is 2.03. The van der Waals surface area contributed by atoms with E-state index in [-0.39, 0.29) is 18.1 Å². The summed E-state index contributed by atoms with van der Waals surface area (Å²) in [5, 5.41) is 12.8. The normalized spacial score (nSPS) is 22.5. The van der Waals surface area contributed by atoms with Crippen LogP contribution in [0.15, 0.2) is 24.5 Å². The minimum Gasteiger partial charge on any atom is -0.393 e. The number of carbonyl (C=O) groups excluding carboxylic acids is 1. The van der Waals surface area contributed by atoms with Crippen molar-refractivity contribution < 1.29 is 9.90 Å². The summed E-state index contributed by atoms with van der Waals surface area (Å²) < 4.78 is 2.03. The number of rotatable bonds is 5. The molecule has 20 heavy (non-hydrogen) atoms. The van der Waals surface area contributed by atoms with Crippen LogP contribution in [0.5, 0.6) is 0 Å². The topological polar surface area (TPSA) is 57.5 Å². The molecular formula is C15H25N3O2. The zero-order valence-electron chi connectivity index (χ0n) is 12.2. The van der Waals surface area contributed by atoms with Crippen LogP contribution in [0.25, 0.3) is 0 Å². The minimum absolute atomic E-state index is 0.0603. The minimum atomic E-state index is -0.251. The fourth-order valence-electron chi connectivity index (χ4n) is 2.78. The van der Waals surface area contributed by atoms with Crippen molar-refractivity contribution in [2.75, 3.05) is 20.1 Å². The van der Waals surface area contributed by atoms with Gasteiger partial charge in [0.1, 0.15) is 0 Å². The van der Waals surface area contributed by atoms with E-state index in [0.29, 0.717) is 13.1 Å². The van der Waals surface area contributed by atoms with Gasteiger partial charge in [-0.3, -0.25) is 0 Å². The Labute approximate surface area is 120 Å². The molecule has 1 aliphatic rings. The predicted octanol–water partition coefficient (Wildman–Crippen LogP) is 1.68. The van der Waals surface area contributed by atoms with Crippen molar-refractivity contribution in [2.45, 2.75) is 38.3 Å². The molecule has 1 aromatic rings. The van der Waals surface area contributed by atoms with Gasteiger partial charge < -0.3 is 19.9 Å². The SMILES string of the molecule is CN(CC1CCCCC1O)C(=O)NCCn1cccc1. The van der Waals surface area contributed by atoms with Crippen molar-refractivity contribution in [1.29, 1.82) is 0 Å². The lowest BCUT2D eigenvalue weighted by molar-refractivity contribution is 0.0565. The maximum atomic E-state index is 12.0. The molecule has 2 amide bonds. The van der Waals surface area contributed by atoms with Gasteiger partial charge in [0.15, 0.2) is 0 Å². The molecule has 0 radical (unpaired) electrons. The molecule has 0 aliphatic heterocycles. The Morgan fingerprint density at radius 2 is 2.05 bits per heavy atom. The van der Waals surface area contributed by atoms with Gasteiger partial charge in [0.05, 0.1) is 6.10 Å². The van der Waals surface area contributed by atoms with Crippen LogP contribution in [0.3, 0.4) is 0 Å². The molecule has 0 spiro atoms. The molecule has 1 fully saturated rings. The van der Waals surface area contributed by atoms with Crippen molar-refractivity contribution in [3.63, 3.8) is 0 Å². The summed E-state index contributed by atoms with van der Waals surface area (Å²) in [6, 6.07) is 3.88. The zero-order chi connectivity index (χ0) is 14.4. The molecule has 2 N–H and O–H groups in total. The van der Waals surface area contributed by atoms with Crippen molar-refractivity contribution >= 4 is 6.03 Å². The number of aromatic nitrogens is 1. The summed E-state index contributed by atoms with van der Waals surface area (Å²) in [5.74, 6) is 0.226. The average molecular weight is 279 g/mol. The monoisotopic (exact) mass is 279 g/mol. The first-order chi connectivity index (χ1) is 9.66. The van der Waals surface area contributed by atoms with Crippen LogP contribution in [-0.4, -0.2) is 46.8 Å². The summed E-state index contributed by atoms with van der Waals surface area (Å²) in [4.78, 5) is 13.7. The van der Waals surface area contributed by atoms with E-state index in [4.69, 9.17) is 0 Å². The van der Waals surface area contributed by atoms with Crippen LogP contribution in [0.4, 0.5) is 4.79 Å². The Kier molecular flexibility index (Phi) is 5.47. The van der Waals surface area contributed by atoms with E-state index in [1.54, 1.807) is 11.9 Å². The highest BCUT2D eigenvalue weighted by molar-refractivity contribution is 5.73. The molecule has 0 bridgehead atoms. The summed E-state index contributed by atoms with van der Waals surface area (Å²) in [7, 11) is 1.80. The van der Waals surface area contributed by atoms with Gasteiger partial charge in [0.2, 0.25) is 0 Å². The Balaban J connectivity index is 1.68. The maximum absolute atomic E-state index is 12.0. The molecule has 5 nitrogen and oxygen atoms in total. The van der Waals surface area contributed by atoms with Crippen LogP contribution >= 0.6 is 0 Å². The van der Waals surface area contributed by atoms with Crippen molar-refractivity contribution in [3.8, 4) is 0 Å². The molecule has 2 rings (SSSR count). The van der Waals surface area contributed by atoms with E-state index in [0.717, 1.165) is 32.2 Å². The fourth-order valence-corrected chi connectivity index (χ4v) is 2.78. The van der Waals surface area contributed by atoms with Gasteiger partial charge in [-0.15, -0.1) is 0 Å². The molecule has 0 aromatic carbocycles. The van der Waals surface area contributed by atoms with Gasteiger partial charge in [0, 0.05) is 45.0 Å². The highest BCUT2D eigenvalue weighted by Crippen LogP contribution is 2.24. The molecule has 112 valence electrons. The second kappa shape index (κ2) is 7.33. The number of aliphatic hydroxyl groups excluding tert-OH is 1. The third kappa shape index (κ3) is 4.27. The molecule has 1 aromatic heterocycles. The summed E-state index contributed by atoms with van der Waals surface area (Å²) >= 11 is 0. The standard InChI is InChI=1S/C15H25N3O2/c1-17(12-13-6-2-3-7-14(13)19)15(20)16-8-11-18-9-4-5-10-18/h4-5,9-10,13-14,19H,2-3,6-8,11-12H2,1H3,(H,16,20). The van der Waals surface area contributed by atoms with E-state index in [1.165, 1.54) is 0 Å². The summed E-state index contributed by atoms with van der Waals surface area (Å²) in [5.41, 5.74) is 0. The lowest BCUT2D eigenvalue weighted by Gasteiger charge is -2.31. The molecule has 1 saturated carbocycles. The number of nitrogens with one attached hydrogen (secondary N) is 1. The Bertz CT molecular complexity index is 405. The van der Waals surface area contributed by atoms with Gasteiger partial charge in [-0.1, -0.05) is 12.8 Å². The van der Waals surface area contributed by atoms with Gasteiger partial charge >= 0.3 is 6.03 Å². The largest absolute Gasteiger partial charge is 0.393 e. The average Bonchev–Trinajstić information content (AvgIpc) is 2.94. The quantitative estimate of drug-likeness (QED) is 0.861. The van der Waals surface area contributed by atoms with E-state index < -0.39 is 0 Å². The molecule has 1 heterocycles. The van der Waals surface area contributed by atoms with E-state index >= 15 is 0 Å². The lowest BCUT2D eigenvalue weighted by Crippen LogP contribution is -2.43. The van der Waals surface area contributed by atoms with Crippen LogP contribution in [-0.2, 0) is 6.54 Å². The molecule has 5 heteroatoms. The Hall–Kier alpha value is -1.49. The number of carbonyl (C=O) groups is 1. The molecule has 2 atom stereocenters. The number of aliphatic hydroxyl groups is 1. The van der Waals surface area contributed by atoms with Crippen molar-refractivity contribution in [2.24, 2.45) is 5.92 Å². The van der Waals surface area contributed by atoms with Crippen molar-refractivity contribution in [1.82, 2.24) is 14.8 Å². The van der Waals surface area contributed by atoms with Crippen LogP contribution in [0, 0.1) is 5.92 Å². The number of hydrogen-bond donors (Lipinski definition) is 2. The summed E-state index contributed by atoms with van der Waals surface area (Å²) in [6.07, 6.45) is 7.85. The van der Waals surface area contributed by atoms with Crippen LogP contribution in [0.2, 0.25) is 0 Å². The number of urea groups is 1. The van der Waals surface area contributed by atoms with Crippen molar-refractivity contribution in [3.05, 3.63) is 24.5 Å². The van der Waals surface area contributed by atoms with Crippen LogP contribution < -0.4 is 5.32 Å². The number of amides is 2.